The molecule has 1 atom stereocenters. The van der Waals surface area contributed by atoms with Gasteiger partial charge >= 0.3 is 0 Å². The van der Waals surface area contributed by atoms with E-state index in [1.807, 2.05) is 61.5 Å². The van der Waals surface area contributed by atoms with Gasteiger partial charge in [0.1, 0.15) is 5.76 Å². The van der Waals surface area contributed by atoms with Gasteiger partial charge in [-0.1, -0.05) is 53.7 Å². The minimum atomic E-state index is 0.0170. The van der Waals surface area contributed by atoms with E-state index in [1.54, 1.807) is 0 Å². The van der Waals surface area contributed by atoms with Gasteiger partial charge in [0.25, 0.3) is 0 Å². The van der Waals surface area contributed by atoms with Gasteiger partial charge in [-0.05, 0) is 30.9 Å². The molecule has 0 amide bonds. The van der Waals surface area contributed by atoms with Gasteiger partial charge in [-0.3, -0.25) is 4.79 Å². The number of ketones is 1. The number of carbonyl (C=O) groups is 1. The van der Waals surface area contributed by atoms with Crippen LogP contribution in [0.15, 0.2) is 58.6 Å². The molecule has 1 aliphatic rings. The van der Waals surface area contributed by atoms with Gasteiger partial charge < -0.3 is 9.84 Å². The Kier molecular flexibility index (Phi) is 4.71. The van der Waals surface area contributed by atoms with E-state index in [0.717, 1.165) is 29.7 Å². The summed E-state index contributed by atoms with van der Waals surface area (Å²) in [6, 6.07) is 11.9. The van der Waals surface area contributed by atoms with Crippen LogP contribution in [0.2, 0.25) is 0 Å². The van der Waals surface area contributed by atoms with E-state index in [0.29, 0.717) is 12.4 Å². The fourth-order valence-electron chi connectivity index (χ4n) is 2.72. The summed E-state index contributed by atoms with van der Waals surface area (Å²) < 4.78 is 5.00. The van der Waals surface area contributed by atoms with Crippen molar-refractivity contribution in [1.82, 2.24) is 5.16 Å². The molecule has 1 heterocycles. The summed E-state index contributed by atoms with van der Waals surface area (Å²) in [6.07, 6.45) is 7.63. The second kappa shape index (κ2) is 7.09. The van der Waals surface area contributed by atoms with Crippen LogP contribution >= 0.6 is 0 Å². The van der Waals surface area contributed by atoms with E-state index < -0.39 is 0 Å². The smallest absolute Gasteiger partial charge is 0.169 e. The molecule has 0 bridgehead atoms. The Morgan fingerprint density at radius 3 is 2.91 bits per heavy atom. The normalized spacial score (nSPS) is 19.8. The number of Topliss-reactive ketones (excluding diaryl/α,β-unsaturated/α-hetero) is 1. The van der Waals surface area contributed by atoms with Crippen LogP contribution in [0.25, 0.3) is 6.08 Å². The van der Waals surface area contributed by atoms with E-state index in [2.05, 4.69) is 10.5 Å². The highest BCUT2D eigenvalue weighted by Crippen LogP contribution is 2.27. The monoisotopic (exact) mass is 308 g/mol. The van der Waals surface area contributed by atoms with Gasteiger partial charge in [-0.15, -0.1) is 0 Å². The van der Waals surface area contributed by atoms with Crippen molar-refractivity contribution in [3.8, 4) is 0 Å². The van der Waals surface area contributed by atoms with Gasteiger partial charge in [-0.25, -0.2) is 0 Å². The Hall–Kier alpha value is -2.62. The van der Waals surface area contributed by atoms with Crippen LogP contribution in [0.5, 0.6) is 0 Å². The van der Waals surface area contributed by atoms with Crippen molar-refractivity contribution in [2.75, 3.05) is 11.9 Å². The Labute approximate surface area is 135 Å². The standard InChI is InChI=1S/C19H20N2O2/c1-14-12-18(21-23-14)20-13-17-11-10-16(19(17)22)9-5-8-15-6-3-2-4-7-15/h2-9,12,17H,10-11,13H2,1H3,(H,20,21)/b8-5+,16-9+. The average molecular weight is 308 g/mol. The van der Waals surface area contributed by atoms with Crippen LogP contribution in [0.3, 0.4) is 0 Å². The van der Waals surface area contributed by atoms with Crippen LogP contribution in [-0.2, 0) is 4.79 Å². The lowest BCUT2D eigenvalue weighted by atomic mass is 10.1. The maximum absolute atomic E-state index is 12.4. The topological polar surface area (TPSA) is 55.1 Å². The quantitative estimate of drug-likeness (QED) is 0.848. The number of carbonyl (C=O) groups excluding carboxylic acids is 1. The molecule has 0 spiro atoms. The van der Waals surface area contributed by atoms with Crippen LogP contribution in [-0.4, -0.2) is 17.5 Å². The van der Waals surface area contributed by atoms with Gasteiger partial charge in [0, 0.05) is 18.5 Å². The summed E-state index contributed by atoms with van der Waals surface area (Å²) in [4.78, 5) is 12.4. The molecule has 1 aromatic carbocycles. The Morgan fingerprint density at radius 2 is 2.17 bits per heavy atom. The molecular formula is C19H20N2O2. The van der Waals surface area contributed by atoms with Gasteiger partial charge in [-0.2, -0.15) is 0 Å². The maximum atomic E-state index is 12.4. The third-order valence-corrected chi connectivity index (χ3v) is 3.99. The largest absolute Gasteiger partial charge is 0.367 e. The number of aromatic nitrogens is 1. The summed E-state index contributed by atoms with van der Waals surface area (Å²) in [6.45, 7) is 2.45. The van der Waals surface area contributed by atoms with Crippen molar-refractivity contribution >= 4 is 17.7 Å². The zero-order valence-corrected chi connectivity index (χ0v) is 13.2. The van der Waals surface area contributed by atoms with E-state index in [-0.39, 0.29) is 11.7 Å². The average Bonchev–Trinajstić information content (AvgIpc) is 3.13. The molecular weight excluding hydrogens is 288 g/mol. The zero-order chi connectivity index (χ0) is 16.1. The highest BCUT2D eigenvalue weighted by atomic mass is 16.5. The fraction of sp³-hybridized carbons (Fsp3) is 0.263. The number of allylic oxidation sites excluding steroid dienone is 3. The lowest BCUT2D eigenvalue weighted by Crippen LogP contribution is -2.18. The first-order chi connectivity index (χ1) is 11.2. The lowest BCUT2D eigenvalue weighted by Gasteiger charge is -2.07. The summed E-state index contributed by atoms with van der Waals surface area (Å²) in [7, 11) is 0. The predicted molar refractivity (Wildman–Crippen MR) is 91.0 cm³/mol. The van der Waals surface area contributed by atoms with E-state index in [9.17, 15) is 4.79 Å². The minimum absolute atomic E-state index is 0.0170. The van der Waals surface area contributed by atoms with Crippen molar-refractivity contribution in [3.05, 3.63) is 65.4 Å². The van der Waals surface area contributed by atoms with Gasteiger partial charge in [0.05, 0.1) is 0 Å². The number of benzene rings is 1. The predicted octanol–water partition coefficient (Wildman–Crippen LogP) is 4.01. The number of hydrogen-bond acceptors (Lipinski definition) is 4. The SMILES string of the molecule is Cc1cc(NCC2CC/C(=C\C=C\c3ccccc3)C2=O)no1. The molecule has 2 aromatic rings. The Morgan fingerprint density at radius 1 is 1.35 bits per heavy atom. The first-order valence-electron chi connectivity index (χ1n) is 7.86. The molecule has 4 nitrogen and oxygen atoms in total. The van der Waals surface area contributed by atoms with Crippen molar-refractivity contribution in [3.63, 3.8) is 0 Å². The first kappa shape index (κ1) is 15.3. The third-order valence-electron chi connectivity index (χ3n) is 3.99. The molecule has 1 aliphatic carbocycles. The molecule has 0 saturated heterocycles. The molecule has 1 fully saturated rings. The van der Waals surface area contributed by atoms with Crippen LogP contribution < -0.4 is 5.32 Å². The first-order valence-corrected chi connectivity index (χ1v) is 7.86. The molecule has 0 radical (unpaired) electrons. The van der Waals surface area contributed by atoms with Crippen molar-refractivity contribution < 1.29 is 9.32 Å². The molecule has 4 heteroatoms. The molecule has 118 valence electrons. The molecule has 1 aromatic heterocycles. The van der Waals surface area contributed by atoms with E-state index >= 15 is 0 Å². The second-order valence-electron chi connectivity index (χ2n) is 5.77. The third kappa shape index (κ3) is 3.97. The van der Waals surface area contributed by atoms with Crippen LogP contribution in [0, 0.1) is 12.8 Å². The van der Waals surface area contributed by atoms with Crippen LogP contribution in [0.1, 0.15) is 24.2 Å². The van der Waals surface area contributed by atoms with Gasteiger partial charge in [0.2, 0.25) is 0 Å². The lowest BCUT2D eigenvalue weighted by molar-refractivity contribution is -0.117. The minimum Gasteiger partial charge on any atom is -0.367 e. The number of nitrogens with zero attached hydrogens (tertiary/aromatic N) is 1. The van der Waals surface area contributed by atoms with Gasteiger partial charge in [0.15, 0.2) is 11.6 Å². The highest BCUT2D eigenvalue weighted by molar-refractivity contribution is 6.00. The van der Waals surface area contributed by atoms with Crippen LogP contribution in [0.4, 0.5) is 5.82 Å². The molecule has 3 rings (SSSR count). The zero-order valence-electron chi connectivity index (χ0n) is 13.2. The molecule has 23 heavy (non-hydrogen) atoms. The molecule has 1 unspecified atom stereocenters. The summed E-state index contributed by atoms with van der Waals surface area (Å²) in [5.74, 6) is 1.70. The number of rotatable bonds is 5. The Bertz CT molecular complexity index is 729. The van der Waals surface area contributed by atoms with Crippen molar-refractivity contribution in [2.45, 2.75) is 19.8 Å². The summed E-state index contributed by atoms with van der Waals surface area (Å²) in [5.41, 5.74) is 2.04. The highest BCUT2D eigenvalue weighted by Gasteiger charge is 2.28. The Balaban J connectivity index is 1.55. The van der Waals surface area contributed by atoms with E-state index in [1.165, 1.54) is 0 Å². The second-order valence-corrected chi connectivity index (χ2v) is 5.77. The maximum Gasteiger partial charge on any atom is 0.169 e. The number of hydrogen-bond donors (Lipinski definition) is 1. The number of anilines is 1. The van der Waals surface area contributed by atoms with Crippen molar-refractivity contribution in [1.29, 1.82) is 0 Å². The summed E-state index contributed by atoms with van der Waals surface area (Å²) >= 11 is 0. The van der Waals surface area contributed by atoms with E-state index in [4.69, 9.17) is 4.52 Å². The summed E-state index contributed by atoms with van der Waals surface area (Å²) in [5, 5.41) is 7.05. The molecule has 1 saturated carbocycles. The van der Waals surface area contributed by atoms with Crippen molar-refractivity contribution in [2.24, 2.45) is 5.92 Å². The molecule has 0 aliphatic heterocycles. The molecule has 1 N–H and O–H groups in total. The number of nitrogens with one attached hydrogen (secondary N) is 1. The fourth-order valence-corrected chi connectivity index (χ4v) is 2.72. The number of aryl methyl sites for hydroxylation is 1.